The first-order valence-corrected chi connectivity index (χ1v) is 10.00. The molecule has 1 aliphatic rings. The number of methoxy groups -OCH3 is 1. The molecule has 0 bridgehead atoms. The maximum absolute atomic E-state index is 13.4. The maximum atomic E-state index is 13.4. The van der Waals surface area contributed by atoms with Gasteiger partial charge in [0.25, 0.3) is 0 Å². The van der Waals surface area contributed by atoms with Gasteiger partial charge in [0.15, 0.2) is 5.78 Å². The van der Waals surface area contributed by atoms with E-state index in [4.69, 9.17) is 9.47 Å². The molecule has 1 saturated carbocycles. The molecule has 0 aromatic carbocycles. The number of nitrogens with zero attached hydrogens (tertiary/aromatic N) is 2. The minimum absolute atomic E-state index is 0.00810. The van der Waals surface area contributed by atoms with Gasteiger partial charge in [-0.3, -0.25) is 9.59 Å². The molecule has 0 aliphatic heterocycles. The van der Waals surface area contributed by atoms with Gasteiger partial charge < -0.3 is 18.9 Å². The summed E-state index contributed by atoms with van der Waals surface area (Å²) in [6, 6.07) is -0.622. The summed E-state index contributed by atoms with van der Waals surface area (Å²) in [6.07, 6.45) is 1.75. The molecule has 1 amide bonds. The first-order chi connectivity index (χ1) is 13.3. The molecule has 0 radical (unpaired) electrons. The van der Waals surface area contributed by atoms with Crippen molar-refractivity contribution < 1.29 is 23.9 Å². The summed E-state index contributed by atoms with van der Waals surface area (Å²) in [5.41, 5.74) is 2.25. The van der Waals surface area contributed by atoms with E-state index in [0.717, 1.165) is 18.5 Å². The smallest absolute Gasteiger partial charge is 0.355 e. The van der Waals surface area contributed by atoms with Crippen LogP contribution < -0.4 is 0 Å². The molecule has 0 spiro atoms. The zero-order chi connectivity index (χ0) is 21.0. The molecule has 1 heterocycles. The van der Waals surface area contributed by atoms with Gasteiger partial charge in [0, 0.05) is 37.4 Å². The first-order valence-electron chi connectivity index (χ1n) is 10.00. The highest BCUT2D eigenvalue weighted by atomic mass is 16.5. The maximum Gasteiger partial charge on any atom is 0.355 e. The van der Waals surface area contributed by atoms with Gasteiger partial charge in [-0.2, -0.15) is 0 Å². The lowest BCUT2D eigenvalue weighted by Crippen LogP contribution is -2.46. The highest BCUT2D eigenvalue weighted by Gasteiger charge is 2.38. The standard InChI is InChI=1S/C21H32N2O5/c1-7-22-14(4)17(13(3)18(22)21(26)28-8-2)19(24)15(5)23(11-12-27-6)20(25)16-9-10-16/h15-16H,7-12H2,1-6H3. The second-order valence-corrected chi connectivity index (χ2v) is 7.24. The van der Waals surface area contributed by atoms with Crippen molar-refractivity contribution in [2.24, 2.45) is 5.92 Å². The normalized spacial score (nSPS) is 14.6. The monoisotopic (exact) mass is 392 g/mol. The molecule has 1 aromatic heterocycles. The van der Waals surface area contributed by atoms with Crippen LogP contribution in [0.4, 0.5) is 0 Å². The minimum atomic E-state index is -0.622. The van der Waals surface area contributed by atoms with E-state index in [0.29, 0.717) is 36.5 Å². The largest absolute Gasteiger partial charge is 0.461 e. The van der Waals surface area contributed by atoms with E-state index in [2.05, 4.69) is 0 Å². The third-order valence-electron chi connectivity index (χ3n) is 5.39. The Morgan fingerprint density at radius 1 is 1.21 bits per heavy atom. The molecule has 1 aliphatic carbocycles. The number of aromatic nitrogens is 1. The zero-order valence-electron chi connectivity index (χ0n) is 17.8. The van der Waals surface area contributed by atoms with E-state index in [9.17, 15) is 14.4 Å². The summed E-state index contributed by atoms with van der Waals surface area (Å²) in [6.45, 7) is 10.6. The van der Waals surface area contributed by atoms with Gasteiger partial charge in [0.05, 0.1) is 19.3 Å². The molecule has 1 fully saturated rings. The number of esters is 1. The van der Waals surface area contributed by atoms with Gasteiger partial charge in [0.1, 0.15) is 5.69 Å². The number of Topliss-reactive ketones (excluding diaryl/α,β-unsaturated/α-hetero) is 1. The van der Waals surface area contributed by atoms with E-state index >= 15 is 0 Å². The number of hydrogen-bond donors (Lipinski definition) is 0. The number of carbonyl (C=O) groups excluding carboxylic acids is 3. The number of carbonyl (C=O) groups is 3. The van der Waals surface area contributed by atoms with Crippen molar-refractivity contribution in [1.29, 1.82) is 0 Å². The summed E-state index contributed by atoms with van der Waals surface area (Å²) >= 11 is 0. The molecule has 7 nitrogen and oxygen atoms in total. The first kappa shape index (κ1) is 22.1. The second-order valence-electron chi connectivity index (χ2n) is 7.24. The van der Waals surface area contributed by atoms with Gasteiger partial charge in [-0.05, 0) is 53.0 Å². The van der Waals surface area contributed by atoms with Crippen molar-refractivity contribution in [1.82, 2.24) is 9.47 Å². The SMILES string of the molecule is CCOC(=O)c1c(C)c(C(=O)C(C)N(CCOC)C(=O)C2CC2)c(C)n1CC. The van der Waals surface area contributed by atoms with Crippen LogP contribution in [0.1, 0.15) is 65.7 Å². The Kier molecular flexibility index (Phi) is 7.41. The van der Waals surface area contributed by atoms with Gasteiger partial charge >= 0.3 is 5.97 Å². The highest BCUT2D eigenvalue weighted by molar-refractivity contribution is 6.06. The second kappa shape index (κ2) is 9.37. The molecular formula is C21H32N2O5. The number of amides is 1. The lowest BCUT2D eigenvalue weighted by molar-refractivity contribution is -0.134. The highest BCUT2D eigenvalue weighted by Crippen LogP contribution is 2.32. The van der Waals surface area contributed by atoms with Crippen molar-refractivity contribution in [3.63, 3.8) is 0 Å². The van der Waals surface area contributed by atoms with E-state index in [-0.39, 0.29) is 24.2 Å². The van der Waals surface area contributed by atoms with Crippen LogP contribution in [0, 0.1) is 19.8 Å². The number of ketones is 1. The Hall–Kier alpha value is -2.15. The molecule has 2 rings (SSSR count). The third-order valence-corrected chi connectivity index (χ3v) is 5.39. The quantitative estimate of drug-likeness (QED) is 0.452. The van der Waals surface area contributed by atoms with Crippen LogP contribution in [-0.2, 0) is 20.8 Å². The van der Waals surface area contributed by atoms with Crippen LogP contribution in [0.2, 0.25) is 0 Å². The Labute approximate surface area is 167 Å². The van der Waals surface area contributed by atoms with Gasteiger partial charge in [-0.25, -0.2) is 4.79 Å². The fourth-order valence-electron chi connectivity index (χ4n) is 3.72. The molecule has 0 saturated heterocycles. The zero-order valence-corrected chi connectivity index (χ0v) is 17.8. The topological polar surface area (TPSA) is 77.8 Å². The molecule has 1 unspecified atom stereocenters. The number of ether oxygens (including phenoxy) is 2. The van der Waals surface area contributed by atoms with E-state index < -0.39 is 12.0 Å². The van der Waals surface area contributed by atoms with Crippen molar-refractivity contribution in [3.8, 4) is 0 Å². The van der Waals surface area contributed by atoms with Crippen molar-refractivity contribution >= 4 is 17.7 Å². The molecule has 7 heteroatoms. The van der Waals surface area contributed by atoms with Gasteiger partial charge in [0.2, 0.25) is 5.91 Å². The molecule has 28 heavy (non-hydrogen) atoms. The fourth-order valence-corrected chi connectivity index (χ4v) is 3.72. The van der Waals surface area contributed by atoms with Crippen LogP contribution in [0.15, 0.2) is 0 Å². The fraction of sp³-hybridized carbons (Fsp3) is 0.667. The Bertz CT molecular complexity index is 748. The summed E-state index contributed by atoms with van der Waals surface area (Å²) in [7, 11) is 1.58. The Balaban J connectivity index is 2.40. The van der Waals surface area contributed by atoms with E-state index in [1.54, 1.807) is 32.8 Å². The summed E-state index contributed by atoms with van der Waals surface area (Å²) in [4.78, 5) is 40.2. The summed E-state index contributed by atoms with van der Waals surface area (Å²) in [5, 5.41) is 0. The van der Waals surface area contributed by atoms with Crippen LogP contribution >= 0.6 is 0 Å². The third kappa shape index (κ3) is 4.29. The minimum Gasteiger partial charge on any atom is -0.461 e. The van der Waals surface area contributed by atoms with Gasteiger partial charge in [-0.1, -0.05) is 0 Å². The number of rotatable bonds is 10. The predicted octanol–water partition coefficient (Wildman–Crippen LogP) is 2.76. The predicted molar refractivity (Wildman–Crippen MR) is 106 cm³/mol. The van der Waals surface area contributed by atoms with Crippen LogP contribution in [0.5, 0.6) is 0 Å². The molecule has 1 aromatic rings. The van der Waals surface area contributed by atoms with Crippen molar-refractivity contribution in [2.75, 3.05) is 26.9 Å². The Morgan fingerprint density at radius 2 is 1.86 bits per heavy atom. The number of hydrogen-bond acceptors (Lipinski definition) is 5. The van der Waals surface area contributed by atoms with Crippen LogP contribution in [-0.4, -0.2) is 60.0 Å². The Morgan fingerprint density at radius 3 is 2.36 bits per heavy atom. The molecule has 0 N–H and O–H groups in total. The molecular weight excluding hydrogens is 360 g/mol. The molecule has 1 atom stereocenters. The van der Waals surface area contributed by atoms with Crippen LogP contribution in [0.25, 0.3) is 0 Å². The van der Waals surface area contributed by atoms with Crippen LogP contribution in [0.3, 0.4) is 0 Å². The lowest BCUT2D eigenvalue weighted by Gasteiger charge is -2.28. The average molecular weight is 392 g/mol. The van der Waals surface area contributed by atoms with Crippen molar-refractivity contribution in [2.45, 2.75) is 60.0 Å². The van der Waals surface area contributed by atoms with Gasteiger partial charge in [-0.15, -0.1) is 0 Å². The summed E-state index contributed by atoms with van der Waals surface area (Å²) in [5.74, 6) is -0.557. The average Bonchev–Trinajstić information content (AvgIpc) is 3.47. The van der Waals surface area contributed by atoms with E-state index in [1.165, 1.54) is 0 Å². The summed E-state index contributed by atoms with van der Waals surface area (Å²) < 4.78 is 12.1. The van der Waals surface area contributed by atoms with Crippen molar-refractivity contribution in [3.05, 3.63) is 22.5 Å². The molecule has 156 valence electrons. The lowest BCUT2D eigenvalue weighted by atomic mass is 9.99. The van der Waals surface area contributed by atoms with E-state index in [1.807, 2.05) is 18.4 Å².